The van der Waals surface area contributed by atoms with E-state index in [-0.39, 0.29) is 5.54 Å². The molecule has 2 aromatic rings. The number of benzene rings is 1. The van der Waals surface area contributed by atoms with E-state index >= 15 is 0 Å². The first kappa shape index (κ1) is 18.8. The summed E-state index contributed by atoms with van der Waals surface area (Å²) in [5.41, 5.74) is 1.26. The molecule has 26 heavy (non-hydrogen) atoms. The van der Waals surface area contributed by atoms with E-state index in [1.807, 2.05) is 0 Å². The van der Waals surface area contributed by atoms with E-state index < -0.39 is 0 Å². The number of aromatic nitrogens is 4. The predicted octanol–water partition coefficient (Wildman–Crippen LogP) is 3.48. The summed E-state index contributed by atoms with van der Waals surface area (Å²) < 4.78 is 2.05. The lowest BCUT2D eigenvalue weighted by Crippen LogP contribution is -2.48. The molecular formula is C20H32N6. The first-order chi connectivity index (χ1) is 12.6. The average molecular weight is 357 g/mol. The molecule has 0 bridgehead atoms. The van der Waals surface area contributed by atoms with Crippen molar-refractivity contribution in [3.05, 3.63) is 36.2 Å². The zero-order valence-electron chi connectivity index (χ0n) is 16.6. The molecule has 0 unspecified atom stereocenters. The number of piperazine rings is 1. The second kappa shape index (κ2) is 8.16. The lowest BCUT2D eigenvalue weighted by molar-refractivity contribution is 0.154. The van der Waals surface area contributed by atoms with Gasteiger partial charge in [-0.2, -0.15) is 0 Å². The molecule has 1 aromatic carbocycles. The maximum absolute atomic E-state index is 4.45. The van der Waals surface area contributed by atoms with Gasteiger partial charge in [-0.1, -0.05) is 38.5 Å². The molecule has 1 aliphatic rings. The predicted molar refractivity (Wildman–Crippen MR) is 105 cm³/mol. The monoisotopic (exact) mass is 356 g/mol. The Hall–Kier alpha value is -1.95. The Labute approximate surface area is 157 Å². The van der Waals surface area contributed by atoms with Gasteiger partial charge >= 0.3 is 0 Å². The summed E-state index contributed by atoms with van der Waals surface area (Å²) in [4.78, 5) is 5.04. The molecule has 1 fully saturated rings. The van der Waals surface area contributed by atoms with E-state index in [1.165, 1.54) is 5.69 Å². The average Bonchev–Trinajstić information content (AvgIpc) is 3.17. The van der Waals surface area contributed by atoms with Crippen molar-refractivity contribution in [2.45, 2.75) is 58.5 Å². The summed E-state index contributed by atoms with van der Waals surface area (Å²) in [7, 11) is 0. The van der Waals surface area contributed by atoms with E-state index in [4.69, 9.17) is 0 Å². The maximum Gasteiger partial charge on any atom is 0.168 e. The Bertz CT molecular complexity index is 673. The van der Waals surface area contributed by atoms with E-state index in [2.05, 4.69) is 88.0 Å². The highest BCUT2D eigenvalue weighted by Crippen LogP contribution is 2.30. The fourth-order valence-electron chi connectivity index (χ4n) is 3.66. The van der Waals surface area contributed by atoms with Gasteiger partial charge in [-0.15, -0.1) is 5.10 Å². The van der Waals surface area contributed by atoms with Gasteiger partial charge in [0.1, 0.15) is 0 Å². The Morgan fingerprint density at radius 2 is 1.73 bits per heavy atom. The Morgan fingerprint density at radius 3 is 2.35 bits per heavy atom. The van der Waals surface area contributed by atoms with Crippen LogP contribution in [0.5, 0.6) is 0 Å². The summed E-state index contributed by atoms with van der Waals surface area (Å²) in [6, 6.07) is 11.0. The molecule has 1 saturated heterocycles. The fraction of sp³-hybridized carbons (Fsp3) is 0.650. The zero-order valence-corrected chi connectivity index (χ0v) is 16.6. The molecule has 1 aliphatic heterocycles. The smallest absolute Gasteiger partial charge is 0.168 e. The standard InChI is InChI=1S/C20H32N6/c1-5-10-18(19-21-22-23-26(19)20(3,4)6-2)25-15-13-24(14-16-25)17-11-8-7-9-12-17/h7-9,11-12,18H,5-6,10,13-16H2,1-4H3/t18-/m0/s1. The van der Waals surface area contributed by atoms with E-state index in [0.29, 0.717) is 6.04 Å². The van der Waals surface area contributed by atoms with Crippen molar-refractivity contribution in [2.24, 2.45) is 0 Å². The largest absolute Gasteiger partial charge is 0.369 e. The number of rotatable bonds is 7. The highest BCUT2D eigenvalue weighted by Gasteiger charge is 2.32. The molecule has 0 spiro atoms. The number of anilines is 1. The van der Waals surface area contributed by atoms with Gasteiger partial charge in [-0.25, -0.2) is 4.68 Å². The first-order valence-electron chi connectivity index (χ1n) is 9.89. The minimum atomic E-state index is -0.0588. The number of para-hydroxylation sites is 1. The third-order valence-electron chi connectivity index (χ3n) is 5.67. The Balaban J connectivity index is 1.75. The topological polar surface area (TPSA) is 50.1 Å². The van der Waals surface area contributed by atoms with Gasteiger partial charge in [-0.05, 0) is 49.2 Å². The highest BCUT2D eigenvalue weighted by molar-refractivity contribution is 5.46. The summed E-state index contributed by atoms with van der Waals surface area (Å²) in [5.74, 6) is 1.02. The van der Waals surface area contributed by atoms with E-state index in [9.17, 15) is 0 Å². The molecule has 0 saturated carbocycles. The molecule has 1 atom stereocenters. The molecule has 1 aromatic heterocycles. The minimum absolute atomic E-state index is 0.0588. The lowest BCUT2D eigenvalue weighted by atomic mass is 10.0. The molecule has 0 amide bonds. The number of hydrogen-bond acceptors (Lipinski definition) is 5. The normalized spacial score (nSPS) is 17.5. The fourth-order valence-corrected chi connectivity index (χ4v) is 3.66. The lowest BCUT2D eigenvalue weighted by Gasteiger charge is -2.40. The SMILES string of the molecule is CCC[C@@H](c1nnnn1C(C)(C)CC)N1CCN(c2ccccc2)CC1. The third kappa shape index (κ3) is 3.90. The second-order valence-corrected chi connectivity index (χ2v) is 7.78. The van der Waals surface area contributed by atoms with Gasteiger partial charge in [0.2, 0.25) is 0 Å². The van der Waals surface area contributed by atoms with Crippen molar-refractivity contribution in [3.8, 4) is 0 Å². The van der Waals surface area contributed by atoms with Crippen molar-refractivity contribution in [1.29, 1.82) is 0 Å². The number of nitrogens with zero attached hydrogens (tertiary/aromatic N) is 6. The zero-order chi connectivity index (χ0) is 18.6. The van der Waals surface area contributed by atoms with Crippen LogP contribution >= 0.6 is 0 Å². The molecule has 142 valence electrons. The van der Waals surface area contributed by atoms with Crippen LogP contribution in [0.3, 0.4) is 0 Å². The van der Waals surface area contributed by atoms with Gasteiger partial charge < -0.3 is 4.90 Å². The molecule has 6 heteroatoms. The van der Waals surface area contributed by atoms with Crippen molar-refractivity contribution in [2.75, 3.05) is 31.1 Å². The Kier molecular flexibility index (Phi) is 5.91. The highest BCUT2D eigenvalue weighted by atomic mass is 15.6. The minimum Gasteiger partial charge on any atom is -0.369 e. The van der Waals surface area contributed by atoms with Gasteiger partial charge in [0.25, 0.3) is 0 Å². The van der Waals surface area contributed by atoms with Crippen LogP contribution < -0.4 is 4.90 Å². The molecule has 0 radical (unpaired) electrons. The van der Waals surface area contributed by atoms with Crippen LogP contribution in [-0.4, -0.2) is 51.3 Å². The van der Waals surface area contributed by atoms with Gasteiger partial charge in [0.05, 0.1) is 11.6 Å². The van der Waals surface area contributed by atoms with Gasteiger partial charge in [0, 0.05) is 31.9 Å². The maximum atomic E-state index is 4.45. The van der Waals surface area contributed by atoms with Crippen LogP contribution in [0.4, 0.5) is 5.69 Å². The molecule has 0 N–H and O–H groups in total. The number of tetrazole rings is 1. The van der Waals surface area contributed by atoms with Crippen molar-refractivity contribution >= 4 is 5.69 Å². The van der Waals surface area contributed by atoms with Crippen molar-refractivity contribution in [3.63, 3.8) is 0 Å². The van der Waals surface area contributed by atoms with Crippen LogP contribution in [-0.2, 0) is 5.54 Å². The molecular weight excluding hydrogens is 324 g/mol. The van der Waals surface area contributed by atoms with Crippen molar-refractivity contribution in [1.82, 2.24) is 25.1 Å². The van der Waals surface area contributed by atoms with Crippen LogP contribution in [0, 0.1) is 0 Å². The summed E-state index contributed by atoms with van der Waals surface area (Å²) in [6.45, 7) is 13.0. The third-order valence-corrected chi connectivity index (χ3v) is 5.67. The number of hydrogen-bond donors (Lipinski definition) is 0. The second-order valence-electron chi connectivity index (χ2n) is 7.78. The van der Waals surface area contributed by atoms with Crippen LogP contribution in [0.25, 0.3) is 0 Å². The quantitative estimate of drug-likeness (QED) is 0.760. The molecule has 0 aliphatic carbocycles. The van der Waals surface area contributed by atoms with Gasteiger partial charge in [0.15, 0.2) is 5.82 Å². The van der Waals surface area contributed by atoms with E-state index in [0.717, 1.165) is 51.3 Å². The summed E-state index contributed by atoms with van der Waals surface area (Å²) in [6.07, 6.45) is 3.22. The van der Waals surface area contributed by atoms with Crippen molar-refractivity contribution < 1.29 is 0 Å². The molecule has 6 nitrogen and oxygen atoms in total. The van der Waals surface area contributed by atoms with E-state index in [1.54, 1.807) is 0 Å². The Morgan fingerprint density at radius 1 is 1.04 bits per heavy atom. The molecule has 3 rings (SSSR count). The van der Waals surface area contributed by atoms with Crippen LogP contribution in [0.1, 0.15) is 58.8 Å². The molecule has 2 heterocycles. The summed E-state index contributed by atoms with van der Waals surface area (Å²) in [5, 5.41) is 12.8. The van der Waals surface area contributed by atoms with Crippen LogP contribution in [0.15, 0.2) is 30.3 Å². The summed E-state index contributed by atoms with van der Waals surface area (Å²) >= 11 is 0. The van der Waals surface area contributed by atoms with Crippen LogP contribution in [0.2, 0.25) is 0 Å². The first-order valence-corrected chi connectivity index (χ1v) is 9.89. The van der Waals surface area contributed by atoms with Gasteiger partial charge in [-0.3, -0.25) is 4.90 Å².